The van der Waals surface area contributed by atoms with Gasteiger partial charge < -0.3 is 15.2 Å². The van der Waals surface area contributed by atoms with Gasteiger partial charge in [-0.15, -0.1) is 0 Å². The van der Waals surface area contributed by atoms with Crippen LogP contribution in [-0.2, 0) is 4.74 Å². The molecule has 0 saturated heterocycles. The number of amides is 1. The summed E-state index contributed by atoms with van der Waals surface area (Å²) in [5.41, 5.74) is 0.151. The molecule has 1 saturated carbocycles. The molecule has 0 heterocycles. The minimum atomic E-state index is -0.610. The Kier molecular flexibility index (Phi) is 6.27. The van der Waals surface area contributed by atoms with Gasteiger partial charge in [-0.2, -0.15) is 0 Å². The normalized spacial score (nSPS) is 17.0. The standard InChI is InChI=1S/C19H29FN2O3/c1-18(2,3)25-17(24)22-15-8-7-14(20)11-16(15)21-12-19(13-23)9-5-4-6-10-19/h7-8,11,21,23H,4-6,9-10,12-13H2,1-3H3,(H,22,24). The molecule has 1 aliphatic carbocycles. The highest BCUT2D eigenvalue weighted by molar-refractivity contribution is 5.89. The Labute approximate surface area is 149 Å². The highest BCUT2D eigenvalue weighted by atomic mass is 19.1. The van der Waals surface area contributed by atoms with Gasteiger partial charge in [0.05, 0.1) is 18.0 Å². The van der Waals surface area contributed by atoms with Gasteiger partial charge in [-0.25, -0.2) is 9.18 Å². The molecule has 1 aromatic rings. The lowest BCUT2D eigenvalue weighted by Crippen LogP contribution is -2.35. The van der Waals surface area contributed by atoms with Crippen LogP contribution in [0.2, 0.25) is 0 Å². The number of aliphatic hydroxyl groups excluding tert-OH is 1. The van der Waals surface area contributed by atoms with Gasteiger partial charge in [0.25, 0.3) is 0 Å². The number of aliphatic hydroxyl groups is 1. The number of nitrogens with one attached hydrogen (secondary N) is 2. The third-order valence-electron chi connectivity index (χ3n) is 4.52. The van der Waals surface area contributed by atoms with Crippen molar-refractivity contribution in [3.05, 3.63) is 24.0 Å². The fraction of sp³-hybridized carbons (Fsp3) is 0.632. The molecular weight excluding hydrogens is 323 g/mol. The molecule has 1 aromatic carbocycles. The second-order valence-electron chi connectivity index (χ2n) is 7.89. The molecule has 5 nitrogen and oxygen atoms in total. The Hall–Kier alpha value is -1.82. The van der Waals surface area contributed by atoms with Crippen molar-refractivity contribution in [1.29, 1.82) is 0 Å². The molecule has 1 amide bonds. The van der Waals surface area contributed by atoms with E-state index in [0.29, 0.717) is 17.9 Å². The molecular formula is C19H29FN2O3. The lowest BCUT2D eigenvalue weighted by Gasteiger charge is -2.36. The van der Waals surface area contributed by atoms with E-state index in [2.05, 4.69) is 10.6 Å². The number of benzene rings is 1. The van der Waals surface area contributed by atoms with Crippen molar-refractivity contribution < 1.29 is 19.0 Å². The van der Waals surface area contributed by atoms with Crippen LogP contribution < -0.4 is 10.6 Å². The Morgan fingerprint density at radius 1 is 1.24 bits per heavy atom. The van der Waals surface area contributed by atoms with Crippen LogP contribution in [-0.4, -0.2) is 30.0 Å². The average molecular weight is 352 g/mol. The number of rotatable bonds is 5. The third kappa shape index (κ3) is 5.88. The van der Waals surface area contributed by atoms with Crippen molar-refractivity contribution in [2.45, 2.75) is 58.5 Å². The smallest absolute Gasteiger partial charge is 0.412 e. The molecule has 6 heteroatoms. The summed E-state index contributed by atoms with van der Waals surface area (Å²) >= 11 is 0. The van der Waals surface area contributed by atoms with E-state index in [1.807, 2.05) is 0 Å². The molecule has 25 heavy (non-hydrogen) atoms. The van der Waals surface area contributed by atoms with Gasteiger partial charge in [0.2, 0.25) is 0 Å². The lowest BCUT2D eigenvalue weighted by molar-refractivity contribution is 0.0636. The first-order valence-corrected chi connectivity index (χ1v) is 8.87. The highest BCUT2D eigenvalue weighted by Crippen LogP contribution is 2.36. The van der Waals surface area contributed by atoms with Crippen molar-refractivity contribution in [2.24, 2.45) is 5.41 Å². The lowest BCUT2D eigenvalue weighted by atomic mass is 9.74. The third-order valence-corrected chi connectivity index (χ3v) is 4.52. The van der Waals surface area contributed by atoms with E-state index >= 15 is 0 Å². The molecule has 1 fully saturated rings. The number of carbonyl (C=O) groups excluding carboxylic acids is 1. The minimum absolute atomic E-state index is 0.101. The first kappa shape index (κ1) is 19.5. The van der Waals surface area contributed by atoms with E-state index in [1.54, 1.807) is 20.8 Å². The molecule has 0 aliphatic heterocycles. The van der Waals surface area contributed by atoms with Gasteiger partial charge in [0.1, 0.15) is 11.4 Å². The Morgan fingerprint density at radius 3 is 2.52 bits per heavy atom. The molecule has 0 spiro atoms. The van der Waals surface area contributed by atoms with Gasteiger partial charge in [-0.3, -0.25) is 5.32 Å². The quantitative estimate of drug-likeness (QED) is 0.728. The van der Waals surface area contributed by atoms with E-state index in [-0.39, 0.29) is 17.8 Å². The second-order valence-corrected chi connectivity index (χ2v) is 7.89. The van der Waals surface area contributed by atoms with E-state index in [9.17, 15) is 14.3 Å². The molecule has 0 atom stereocenters. The van der Waals surface area contributed by atoms with Gasteiger partial charge >= 0.3 is 6.09 Å². The number of hydrogen-bond donors (Lipinski definition) is 3. The van der Waals surface area contributed by atoms with Crippen molar-refractivity contribution in [3.63, 3.8) is 0 Å². The molecule has 0 unspecified atom stereocenters. The molecule has 2 rings (SSSR count). The van der Waals surface area contributed by atoms with Crippen LogP contribution >= 0.6 is 0 Å². The van der Waals surface area contributed by atoms with E-state index in [0.717, 1.165) is 25.7 Å². The zero-order valence-corrected chi connectivity index (χ0v) is 15.3. The van der Waals surface area contributed by atoms with Crippen LogP contribution in [0.4, 0.5) is 20.6 Å². The van der Waals surface area contributed by atoms with Crippen LogP contribution in [0.5, 0.6) is 0 Å². The number of halogens is 1. The summed E-state index contributed by atoms with van der Waals surface area (Å²) in [6.45, 7) is 5.99. The van der Waals surface area contributed by atoms with Crippen LogP contribution in [0.3, 0.4) is 0 Å². The Bertz CT molecular complexity index is 593. The van der Waals surface area contributed by atoms with Crippen molar-refractivity contribution in [1.82, 2.24) is 0 Å². The maximum atomic E-state index is 13.7. The summed E-state index contributed by atoms with van der Waals surface area (Å²) in [4.78, 5) is 12.0. The maximum Gasteiger partial charge on any atom is 0.412 e. The Balaban J connectivity index is 2.08. The zero-order chi connectivity index (χ0) is 18.5. The number of hydrogen-bond acceptors (Lipinski definition) is 4. The van der Waals surface area contributed by atoms with Crippen LogP contribution in [0, 0.1) is 11.2 Å². The van der Waals surface area contributed by atoms with Crippen LogP contribution in [0.15, 0.2) is 18.2 Å². The summed E-state index contributed by atoms with van der Waals surface area (Å²) in [5.74, 6) is -0.390. The summed E-state index contributed by atoms with van der Waals surface area (Å²) in [6.07, 6.45) is 4.67. The number of carbonyl (C=O) groups is 1. The molecule has 0 radical (unpaired) electrons. The summed E-state index contributed by atoms with van der Waals surface area (Å²) in [7, 11) is 0. The first-order chi connectivity index (χ1) is 11.7. The predicted molar refractivity (Wildman–Crippen MR) is 97.4 cm³/mol. The highest BCUT2D eigenvalue weighted by Gasteiger charge is 2.31. The van der Waals surface area contributed by atoms with Crippen LogP contribution in [0.1, 0.15) is 52.9 Å². The maximum absolute atomic E-state index is 13.7. The largest absolute Gasteiger partial charge is 0.444 e. The molecule has 140 valence electrons. The van der Waals surface area contributed by atoms with E-state index in [1.165, 1.54) is 24.6 Å². The second kappa shape index (κ2) is 8.04. The van der Waals surface area contributed by atoms with Gasteiger partial charge in [0.15, 0.2) is 0 Å². The van der Waals surface area contributed by atoms with E-state index in [4.69, 9.17) is 4.74 Å². The topological polar surface area (TPSA) is 70.6 Å². The number of anilines is 2. The summed E-state index contributed by atoms with van der Waals surface area (Å²) in [5, 5.41) is 15.7. The number of ether oxygens (including phenoxy) is 1. The molecule has 0 aromatic heterocycles. The zero-order valence-electron chi connectivity index (χ0n) is 15.3. The average Bonchev–Trinajstić information content (AvgIpc) is 2.54. The fourth-order valence-corrected chi connectivity index (χ4v) is 3.16. The van der Waals surface area contributed by atoms with Gasteiger partial charge in [-0.1, -0.05) is 19.3 Å². The van der Waals surface area contributed by atoms with Crippen molar-refractivity contribution in [3.8, 4) is 0 Å². The Morgan fingerprint density at radius 2 is 1.92 bits per heavy atom. The first-order valence-electron chi connectivity index (χ1n) is 8.87. The van der Waals surface area contributed by atoms with Crippen molar-refractivity contribution >= 4 is 17.5 Å². The van der Waals surface area contributed by atoms with E-state index < -0.39 is 11.7 Å². The molecule has 0 bridgehead atoms. The monoisotopic (exact) mass is 352 g/mol. The summed E-state index contributed by atoms with van der Waals surface area (Å²) in [6, 6.07) is 4.15. The molecule has 3 N–H and O–H groups in total. The fourth-order valence-electron chi connectivity index (χ4n) is 3.16. The SMILES string of the molecule is CC(C)(C)OC(=O)Nc1ccc(F)cc1NCC1(CO)CCCCC1. The van der Waals surface area contributed by atoms with Crippen molar-refractivity contribution in [2.75, 3.05) is 23.8 Å². The summed E-state index contributed by atoms with van der Waals surface area (Å²) < 4.78 is 18.9. The predicted octanol–water partition coefficient (Wildman–Crippen LogP) is 4.53. The van der Waals surface area contributed by atoms with Crippen LogP contribution in [0.25, 0.3) is 0 Å². The van der Waals surface area contributed by atoms with Gasteiger partial charge in [-0.05, 0) is 51.8 Å². The minimum Gasteiger partial charge on any atom is -0.444 e. The molecule has 1 aliphatic rings. The van der Waals surface area contributed by atoms with Gasteiger partial charge in [0, 0.05) is 12.0 Å².